The second-order valence-electron chi connectivity index (χ2n) is 4.09. The summed E-state index contributed by atoms with van der Waals surface area (Å²) >= 11 is 0. The van der Waals surface area contributed by atoms with Gasteiger partial charge in [0.05, 0.1) is 6.10 Å². The number of hydrogen-bond donors (Lipinski definition) is 1. The third kappa shape index (κ3) is 4.46. The Bertz CT molecular complexity index is 191. The van der Waals surface area contributed by atoms with Crippen LogP contribution < -0.4 is 5.32 Å². The molecule has 1 rings (SSSR count). The van der Waals surface area contributed by atoms with Crippen molar-refractivity contribution in [3.05, 3.63) is 0 Å². The Morgan fingerprint density at radius 2 is 2.21 bits per heavy atom. The van der Waals surface area contributed by atoms with Crippen molar-refractivity contribution in [2.75, 3.05) is 20.1 Å². The van der Waals surface area contributed by atoms with Gasteiger partial charge in [0.2, 0.25) is 0 Å². The Balaban J connectivity index is 1.99. The fourth-order valence-corrected chi connectivity index (χ4v) is 1.29. The van der Waals surface area contributed by atoms with E-state index in [1.54, 1.807) is 0 Å². The van der Waals surface area contributed by atoms with Crippen LogP contribution in [0.25, 0.3) is 0 Å². The van der Waals surface area contributed by atoms with Crippen LogP contribution >= 0.6 is 0 Å². The van der Waals surface area contributed by atoms with E-state index in [0.29, 0.717) is 6.54 Å². The van der Waals surface area contributed by atoms with Gasteiger partial charge in [0.1, 0.15) is 0 Å². The van der Waals surface area contributed by atoms with E-state index in [1.807, 2.05) is 13.8 Å². The highest BCUT2D eigenvalue weighted by Crippen LogP contribution is 2.24. The molecule has 0 aromatic carbocycles. The van der Waals surface area contributed by atoms with Gasteiger partial charge in [-0.25, -0.2) is 4.79 Å². The lowest BCUT2D eigenvalue weighted by atomic mass is 10.5. The highest BCUT2D eigenvalue weighted by molar-refractivity contribution is 5.67. The molecule has 0 aliphatic heterocycles. The van der Waals surface area contributed by atoms with E-state index in [1.165, 1.54) is 12.8 Å². The molecule has 0 bridgehead atoms. The third-order valence-corrected chi connectivity index (χ3v) is 2.25. The van der Waals surface area contributed by atoms with E-state index >= 15 is 0 Å². The fourth-order valence-electron chi connectivity index (χ4n) is 1.29. The highest BCUT2D eigenvalue weighted by atomic mass is 16.6. The summed E-state index contributed by atoms with van der Waals surface area (Å²) in [4.78, 5) is 13.3. The van der Waals surface area contributed by atoms with Gasteiger partial charge in [0.15, 0.2) is 0 Å². The largest absolute Gasteiger partial charge is 0.447 e. The molecule has 1 N–H and O–H groups in total. The Hall–Kier alpha value is -0.770. The molecule has 0 radical (unpaired) electrons. The molecule has 0 unspecified atom stereocenters. The van der Waals surface area contributed by atoms with Gasteiger partial charge in [-0.2, -0.15) is 0 Å². The summed E-state index contributed by atoms with van der Waals surface area (Å²) in [6.07, 6.45) is 2.24. The molecule has 0 atom stereocenters. The van der Waals surface area contributed by atoms with Gasteiger partial charge in [-0.15, -0.1) is 0 Å². The highest BCUT2D eigenvalue weighted by Gasteiger charge is 2.25. The van der Waals surface area contributed by atoms with Crippen LogP contribution in [0.3, 0.4) is 0 Å². The van der Waals surface area contributed by atoms with Crippen LogP contribution in [0.15, 0.2) is 0 Å². The van der Waals surface area contributed by atoms with Gasteiger partial charge in [0, 0.05) is 19.1 Å². The molecule has 1 aliphatic carbocycles. The summed E-state index contributed by atoms with van der Waals surface area (Å²) in [6.45, 7) is 5.25. The molecular formula is C10H20N2O2. The first-order valence-electron chi connectivity index (χ1n) is 5.24. The summed E-state index contributed by atoms with van der Waals surface area (Å²) in [7, 11) is 2.09. The molecule has 1 aliphatic rings. The van der Waals surface area contributed by atoms with Gasteiger partial charge in [-0.1, -0.05) is 0 Å². The lowest BCUT2D eigenvalue weighted by Crippen LogP contribution is -2.35. The second kappa shape index (κ2) is 5.20. The molecule has 0 aromatic heterocycles. The molecule has 4 heteroatoms. The maximum Gasteiger partial charge on any atom is 0.407 e. The zero-order valence-electron chi connectivity index (χ0n) is 9.25. The summed E-state index contributed by atoms with van der Waals surface area (Å²) in [5.74, 6) is 0. The third-order valence-electron chi connectivity index (χ3n) is 2.25. The topological polar surface area (TPSA) is 41.6 Å². The number of rotatable bonds is 5. The normalized spacial score (nSPS) is 16.1. The maximum atomic E-state index is 11.1. The SMILES string of the molecule is CC(C)OC(=O)NCCN(C)C1CC1. The summed E-state index contributed by atoms with van der Waals surface area (Å²) in [5.41, 5.74) is 0. The maximum absolute atomic E-state index is 11.1. The van der Waals surface area contributed by atoms with E-state index in [2.05, 4.69) is 17.3 Å². The van der Waals surface area contributed by atoms with E-state index in [4.69, 9.17) is 4.74 Å². The van der Waals surface area contributed by atoms with Gasteiger partial charge < -0.3 is 15.0 Å². The number of carbonyl (C=O) groups excluding carboxylic acids is 1. The molecule has 0 heterocycles. The van der Waals surface area contributed by atoms with Crippen molar-refractivity contribution < 1.29 is 9.53 Å². The van der Waals surface area contributed by atoms with Gasteiger partial charge in [-0.3, -0.25) is 0 Å². The summed E-state index contributed by atoms with van der Waals surface area (Å²) in [6, 6.07) is 0.748. The number of alkyl carbamates (subject to hydrolysis) is 1. The van der Waals surface area contributed by atoms with E-state index < -0.39 is 0 Å². The Morgan fingerprint density at radius 1 is 1.57 bits per heavy atom. The van der Waals surface area contributed by atoms with Gasteiger partial charge >= 0.3 is 6.09 Å². The molecule has 0 spiro atoms. The van der Waals surface area contributed by atoms with E-state index in [9.17, 15) is 4.79 Å². The van der Waals surface area contributed by atoms with Crippen molar-refractivity contribution in [3.63, 3.8) is 0 Å². The van der Waals surface area contributed by atoms with Crippen LogP contribution in [0.4, 0.5) is 4.79 Å². The molecule has 0 aromatic rings. The van der Waals surface area contributed by atoms with Gasteiger partial charge in [0.25, 0.3) is 0 Å². The average Bonchev–Trinajstić information content (AvgIpc) is 2.84. The molecule has 1 saturated carbocycles. The smallest absolute Gasteiger partial charge is 0.407 e. The first-order chi connectivity index (χ1) is 6.59. The molecular weight excluding hydrogens is 180 g/mol. The minimum Gasteiger partial charge on any atom is -0.447 e. The van der Waals surface area contributed by atoms with Crippen LogP contribution in [0, 0.1) is 0 Å². The number of carbonyl (C=O) groups is 1. The molecule has 82 valence electrons. The Kier molecular flexibility index (Phi) is 4.20. The molecule has 1 fully saturated rings. The first-order valence-corrected chi connectivity index (χ1v) is 5.24. The monoisotopic (exact) mass is 200 g/mol. The Labute approximate surface area is 85.6 Å². The second-order valence-corrected chi connectivity index (χ2v) is 4.09. The summed E-state index contributed by atoms with van der Waals surface area (Å²) < 4.78 is 4.94. The molecule has 4 nitrogen and oxygen atoms in total. The number of ether oxygens (including phenoxy) is 1. The number of amides is 1. The van der Waals surface area contributed by atoms with Crippen LogP contribution in [0.5, 0.6) is 0 Å². The zero-order valence-corrected chi connectivity index (χ0v) is 9.25. The van der Waals surface area contributed by atoms with Gasteiger partial charge in [-0.05, 0) is 33.7 Å². The van der Waals surface area contributed by atoms with Crippen molar-refractivity contribution in [1.82, 2.24) is 10.2 Å². The van der Waals surface area contributed by atoms with Crippen molar-refractivity contribution in [1.29, 1.82) is 0 Å². The van der Waals surface area contributed by atoms with E-state index in [0.717, 1.165) is 12.6 Å². The lowest BCUT2D eigenvalue weighted by Gasteiger charge is -2.16. The minimum atomic E-state index is -0.316. The number of nitrogens with zero attached hydrogens (tertiary/aromatic N) is 1. The van der Waals surface area contributed by atoms with E-state index in [-0.39, 0.29) is 12.2 Å². The zero-order chi connectivity index (χ0) is 10.6. The number of hydrogen-bond acceptors (Lipinski definition) is 3. The van der Waals surface area contributed by atoms with Crippen molar-refractivity contribution in [3.8, 4) is 0 Å². The fraction of sp³-hybridized carbons (Fsp3) is 0.900. The predicted molar refractivity (Wildman–Crippen MR) is 55.3 cm³/mol. The number of likely N-dealkylation sites (N-methyl/N-ethyl adjacent to an activating group) is 1. The van der Waals surface area contributed by atoms with Crippen molar-refractivity contribution in [2.24, 2.45) is 0 Å². The summed E-state index contributed by atoms with van der Waals surface area (Å²) in [5, 5.41) is 2.72. The van der Waals surface area contributed by atoms with Crippen LogP contribution in [-0.4, -0.2) is 43.3 Å². The Morgan fingerprint density at radius 3 is 2.71 bits per heavy atom. The molecule has 0 saturated heterocycles. The standard InChI is InChI=1S/C10H20N2O2/c1-8(2)14-10(13)11-6-7-12(3)9-4-5-9/h8-9H,4-7H2,1-3H3,(H,11,13). The van der Waals surface area contributed by atoms with Crippen molar-refractivity contribution in [2.45, 2.75) is 38.8 Å². The van der Waals surface area contributed by atoms with Crippen LogP contribution in [0.1, 0.15) is 26.7 Å². The van der Waals surface area contributed by atoms with Crippen molar-refractivity contribution >= 4 is 6.09 Å². The minimum absolute atomic E-state index is 0.0452. The molecule has 1 amide bonds. The molecule has 14 heavy (non-hydrogen) atoms. The first kappa shape index (κ1) is 11.3. The average molecular weight is 200 g/mol. The quantitative estimate of drug-likeness (QED) is 0.725. The van der Waals surface area contributed by atoms with Crippen LogP contribution in [0.2, 0.25) is 0 Å². The lowest BCUT2D eigenvalue weighted by molar-refractivity contribution is 0.114. The van der Waals surface area contributed by atoms with Crippen LogP contribution in [-0.2, 0) is 4.74 Å². The predicted octanol–water partition coefficient (Wildman–Crippen LogP) is 1.22. The number of nitrogens with one attached hydrogen (secondary N) is 1.